The number of aryl methyl sites for hydroxylation is 1. The highest BCUT2D eigenvalue weighted by Gasteiger charge is 2.48. The lowest BCUT2D eigenvalue weighted by atomic mass is 9.96. The summed E-state index contributed by atoms with van der Waals surface area (Å²) in [6.45, 7) is 4.29. The molecule has 2 saturated heterocycles. The highest BCUT2D eigenvalue weighted by atomic mass is 16.7. The van der Waals surface area contributed by atoms with Crippen LogP contribution < -0.4 is 5.32 Å². The summed E-state index contributed by atoms with van der Waals surface area (Å²) < 4.78 is 5.52. The van der Waals surface area contributed by atoms with Gasteiger partial charge >= 0.3 is 0 Å². The topological polar surface area (TPSA) is 80.2 Å². The summed E-state index contributed by atoms with van der Waals surface area (Å²) in [6, 6.07) is 7.58. The van der Waals surface area contributed by atoms with Gasteiger partial charge in [-0.15, -0.1) is 0 Å². The van der Waals surface area contributed by atoms with Crippen LogP contribution in [0, 0.1) is 6.92 Å². The van der Waals surface area contributed by atoms with Crippen molar-refractivity contribution in [1.82, 2.24) is 10.2 Å². The standard InChI is InChI=1S/C20H25N3O4/c1-14-4-2-5-15(10-14)19(25)23-8-7-20(13-23)11-17(22-27-20)18(24)21-12-16-6-3-9-26-16/h2,4-5,10,16H,3,6-9,11-13H2,1H3,(H,21,24)/t16-,20+/m0/s1. The summed E-state index contributed by atoms with van der Waals surface area (Å²) in [7, 11) is 0. The number of hydrogen-bond donors (Lipinski definition) is 1. The van der Waals surface area contributed by atoms with Crippen molar-refractivity contribution in [2.45, 2.75) is 44.3 Å². The van der Waals surface area contributed by atoms with Crippen LogP contribution in [0.3, 0.4) is 0 Å². The first kappa shape index (κ1) is 18.0. The Morgan fingerprint density at radius 3 is 3.07 bits per heavy atom. The predicted octanol–water partition coefficient (Wildman–Crippen LogP) is 1.65. The lowest BCUT2D eigenvalue weighted by Crippen LogP contribution is -2.40. The van der Waals surface area contributed by atoms with Crippen molar-refractivity contribution in [3.8, 4) is 0 Å². The molecule has 2 amide bonds. The first-order chi connectivity index (χ1) is 13.0. The van der Waals surface area contributed by atoms with Crippen molar-refractivity contribution >= 4 is 17.5 Å². The second-order valence-corrected chi connectivity index (χ2v) is 7.68. The van der Waals surface area contributed by atoms with E-state index in [1.807, 2.05) is 31.2 Å². The van der Waals surface area contributed by atoms with E-state index in [0.29, 0.717) is 43.8 Å². The average Bonchev–Trinajstić information content (AvgIpc) is 3.41. The zero-order valence-electron chi connectivity index (χ0n) is 15.6. The lowest BCUT2D eigenvalue weighted by molar-refractivity contribution is -0.115. The van der Waals surface area contributed by atoms with Gasteiger partial charge in [0.15, 0.2) is 5.60 Å². The molecule has 2 fully saturated rings. The van der Waals surface area contributed by atoms with Crippen molar-refractivity contribution in [2.75, 3.05) is 26.2 Å². The zero-order chi connectivity index (χ0) is 18.9. The van der Waals surface area contributed by atoms with E-state index in [4.69, 9.17) is 9.57 Å². The van der Waals surface area contributed by atoms with Crippen LogP contribution in [0.25, 0.3) is 0 Å². The maximum absolute atomic E-state index is 12.7. The Morgan fingerprint density at radius 2 is 2.30 bits per heavy atom. The molecule has 1 aromatic rings. The van der Waals surface area contributed by atoms with Gasteiger partial charge in [-0.1, -0.05) is 22.9 Å². The van der Waals surface area contributed by atoms with Gasteiger partial charge in [0.2, 0.25) is 0 Å². The number of ether oxygens (including phenoxy) is 1. The maximum atomic E-state index is 12.7. The molecule has 0 aliphatic carbocycles. The number of oxime groups is 1. The first-order valence-corrected chi connectivity index (χ1v) is 9.55. The number of carbonyl (C=O) groups excluding carboxylic acids is 2. The van der Waals surface area contributed by atoms with Gasteiger partial charge in [0.05, 0.1) is 12.6 Å². The average molecular weight is 371 g/mol. The Bertz CT molecular complexity index is 772. The van der Waals surface area contributed by atoms with E-state index in [1.165, 1.54) is 0 Å². The quantitative estimate of drug-likeness (QED) is 0.873. The van der Waals surface area contributed by atoms with E-state index >= 15 is 0 Å². The van der Waals surface area contributed by atoms with Gasteiger partial charge in [-0.05, 0) is 31.9 Å². The SMILES string of the molecule is Cc1cccc(C(=O)N2CC[C@@]3(CC(C(=O)NC[C@@H]4CCCO4)=NO3)C2)c1. The summed E-state index contributed by atoms with van der Waals surface area (Å²) in [5.74, 6) is -0.207. The van der Waals surface area contributed by atoms with Gasteiger partial charge in [0.25, 0.3) is 11.8 Å². The fraction of sp³-hybridized carbons (Fsp3) is 0.550. The third-order valence-corrected chi connectivity index (χ3v) is 5.48. The third kappa shape index (κ3) is 3.83. The smallest absolute Gasteiger partial charge is 0.269 e. The molecule has 3 heterocycles. The number of nitrogens with one attached hydrogen (secondary N) is 1. The van der Waals surface area contributed by atoms with Gasteiger partial charge in [-0.3, -0.25) is 9.59 Å². The Labute approximate surface area is 158 Å². The number of amides is 2. The molecule has 7 nitrogen and oxygen atoms in total. The van der Waals surface area contributed by atoms with Gasteiger partial charge in [0, 0.05) is 38.1 Å². The van der Waals surface area contributed by atoms with Crippen molar-refractivity contribution in [2.24, 2.45) is 5.16 Å². The molecule has 0 unspecified atom stereocenters. The highest BCUT2D eigenvalue weighted by molar-refractivity contribution is 6.39. The number of likely N-dealkylation sites (tertiary alicyclic amines) is 1. The van der Waals surface area contributed by atoms with E-state index in [9.17, 15) is 9.59 Å². The van der Waals surface area contributed by atoms with Crippen molar-refractivity contribution in [1.29, 1.82) is 0 Å². The van der Waals surface area contributed by atoms with Crippen LogP contribution in [0.2, 0.25) is 0 Å². The fourth-order valence-electron chi connectivity index (χ4n) is 3.95. The number of carbonyl (C=O) groups is 2. The van der Waals surface area contributed by atoms with Crippen molar-refractivity contribution in [3.63, 3.8) is 0 Å². The minimum absolute atomic E-state index is 0.00420. The Kier molecular flexibility index (Phi) is 4.86. The molecule has 7 heteroatoms. The van der Waals surface area contributed by atoms with Crippen molar-refractivity contribution < 1.29 is 19.2 Å². The molecule has 1 N–H and O–H groups in total. The fourth-order valence-corrected chi connectivity index (χ4v) is 3.95. The van der Waals surface area contributed by atoms with E-state index in [1.54, 1.807) is 4.90 Å². The molecule has 0 aromatic heterocycles. The molecule has 1 spiro atoms. The molecule has 1 aromatic carbocycles. The largest absolute Gasteiger partial charge is 0.386 e. The van der Waals surface area contributed by atoms with Crippen molar-refractivity contribution in [3.05, 3.63) is 35.4 Å². The minimum Gasteiger partial charge on any atom is -0.386 e. The van der Waals surface area contributed by atoms with Crippen LogP contribution in [0.15, 0.2) is 29.4 Å². The number of rotatable bonds is 4. The van der Waals surface area contributed by atoms with Gasteiger partial charge in [-0.2, -0.15) is 0 Å². The van der Waals surface area contributed by atoms with Crippen LogP contribution >= 0.6 is 0 Å². The Morgan fingerprint density at radius 1 is 1.41 bits per heavy atom. The first-order valence-electron chi connectivity index (χ1n) is 9.55. The molecule has 27 heavy (non-hydrogen) atoms. The number of hydrogen-bond acceptors (Lipinski definition) is 5. The van der Waals surface area contributed by atoms with E-state index < -0.39 is 5.60 Å². The van der Waals surface area contributed by atoms with Crippen LogP contribution in [0.1, 0.15) is 41.6 Å². The molecule has 3 aliphatic heterocycles. The van der Waals surface area contributed by atoms with Crippen LogP contribution in [0.5, 0.6) is 0 Å². The van der Waals surface area contributed by atoms with Gasteiger partial charge in [0.1, 0.15) is 5.71 Å². The summed E-state index contributed by atoms with van der Waals surface area (Å²) in [5.41, 5.74) is 1.56. The number of nitrogens with zero attached hydrogens (tertiary/aromatic N) is 2. The molecule has 0 bridgehead atoms. The molecular weight excluding hydrogens is 346 g/mol. The van der Waals surface area contributed by atoms with Gasteiger partial charge in [-0.25, -0.2) is 0 Å². The van der Waals surface area contributed by atoms with Gasteiger partial charge < -0.3 is 19.8 Å². The Hall–Kier alpha value is -2.41. The molecule has 4 rings (SSSR count). The molecule has 3 aliphatic rings. The summed E-state index contributed by atoms with van der Waals surface area (Å²) in [4.78, 5) is 32.5. The van der Waals surface area contributed by atoms with Crippen LogP contribution in [0.4, 0.5) is 0 Å². The third-order valence-electron chi connectivity index (χ3n) is 5.48. The van der Waals surface area contributed by atoms with Crippen LogP contribution in [-0.2, 0) is 14.4 Å². The predicted molar refractivity (Wildman–Crippen MR) is 99.6 cm³/mol. The number of benzene rings is 1. The molecule has 0 saturated carbocycles. The zero-order valence-corrected chi connectivity index (χ0v) is 15.6. The molecular formula is C20H25N3O4. The lowest BCUT2D eigenvalue weighted by Gasteiger charge is -2.21. The summed E-state index contributed by atoms with van der Waals surface area (Å²) in [6.07, 6.45) is 3.22. The monoisotopic (exact) mass is 371 g/mol. The minimum atomic E-state index is -0.573. The Balaban J connectivity index is 1.32. The van der Waals surface area contributed by atoms with Crippen LogP contribution in [-0.4, -0.2) is 60.4 Å². The van der Waals surface area contributed by atoms with E-state index in [-0.39, 0.29) is 17.9 Å². The molecule has 144 valence electrons. The normalized spacial score (nSPS) is 26.9. The summed E-state index contributed by atoms with van der Waals surface area (Å²) >= 11 is 0. The van der Waals surface area contributed by atoms with E-state index in [2.05, 4.69) is 10.5 Å². The highest BCUT2D eigenvalue weighted by Crippen LogP contribution is 2.34. The van der Waals surface area contributed by atoms with E-state index in [0.717, 1.165) is 25.0 Å². The molecule has 0 radical (unpaired) electrons. The molecule has 2 atom stereocenters. The second kappa shape index (κ2) is 7.31. The second-order valence-electron chi connectivity index (χ2n) is 7.68. The summed E-state index contributed by atoms with van der Waals surface area (Å²) in [5, 5.41) is 6.91. The maximum Gasteiger partial charge on any atom is 0.269 e.